The molecule has 118 valence electrons. The van der Waals surface area contributed by atoms with E-state index in [0.717, 1.165) is 12.6 Å². The van der Waals surface area contributed by atoms with Crippen LogP contribution < -0.4 is 15.5 Å². The SMILES string of the molecule is CCCNc1ncc(F)c(N(C)CC(=O)NCCOC)n1. The van der Waals surface area contributed by atoms with Crippen LogP contribution in [0.25, 0.3) is 0 Å². The summed E-state index contributed by atoms with van der Waals surface area (Å²) in [6, 6.07) is 0. The maximum atomic E-state index is 13.8. The van der Waals surface area contributed by atoms with Crippen LogP contribution in [0.4, 0.5) is 16.2 Å². The highest BCUT2D eigenvalue weighted by atomic mass is 19.1. The van der Waals surface area contributed by atoms with E-state index < -0.39 is 5.82 Å². The lowest BCUT2D eigenvalue weighted by Gasteiger charge is -2.18. The molecule has 1 rings (SSSR count). The zero-order chi connectivity index (χ0) is 15.7. The van der Waals surface area contributed by atoms with Gasteiger partial charge in [0.1, 0.15) is 0 Å². The summed E-state index contributed by atoms with van der Waals surface area (Å²) in [6.45, 7) is 3.56. The molecule has 0 atom stereocenters. The third kappa shape index (κ3) is 5.90. The highest BCUT2D eigenvalue weighted by Crippen LogP contribution is 2.15. The fourth-order valence-corrected chi connectivity index (χ4v) is 1.59. The van der Waals surface area contributed by atoms with Gasteiger partial charge >= 0.3 is 0 Å². The molecule has 0 spiro atoms. The average Bonchev–Trinajstić information content (AvgIpc) is 2.46. The van der Waals surface area contributed by atoms with Crippen LogP contribution in [0.3, 0.4) is 0 Å². The first-order chi connectivity index (χ1) is 10.1. The summed E-state index contributed by atoms with van der Waals surface area (Å²) in [6.07, 6.45) is 2.01. The lowest BCUT2D eigenvalue weighted by molar-refractivity contribution is -0.119. The molecule has 0 saturated carbocycles. The van der Waals surface area contributed by atoms with Gasteiger partial charge in [0.05, 0.1) is 19.3 Å². The number of nitrogens with one attached hydrogen (secondary N) is 2. The minimum absolute atomic E-state index is 0.00483. The quantitative estimate of drug-likeness (QED) is 0.651. The second-order valence-corrected chi connectivity index (χ2v) is 4.49. The Kier molecular flexibility index (Phi) is 7.38. The Balaban J connectivity index is 2.63. The molecule has 1 amide bonds. The van der Waals surface area contributed by atoms with Crippen LogP contribution >= 0.6 is 0 Å². The molecule has 0 unspecified atom stereocenters. The minimum atomic E-state index is -0.566. The third-order valence-corrected chi connectivity index (χ3v) is 2.63. The van der Waals surface area contributed by atoms with Crippen molar-refractivity contribution in [2.45, 2.75) is 13.3 Å². The number of carbonyl (C=O) groups is 1. The van der Waals surface area contributed by atoms with E-state index in [1.54, 1.807) is 14.2 Å². The van der Waals surface area contributed by atoms with Gasteiger partial charge in [-0.15, -0.1) is 0 Å². The van der Waals surface area contributed by atoms with Crippen LogP contribution in [0.2, 0.25) is 0 Å². The van der Waals surface area contributed by atoms with Gasteiger partial charge < -0.3 is 20.3 Å². The monoisotopic (exact) mass is 299 g/mol. The third-order valence-electron chi connectivity index (χ3n) is 2.63. The Morgan fingerprint density at radius 3 is 2.90 bits per heavy atom. The molecule has 1 aromatic heterocycles. The molecule has 1 heterocycles. The smallest absolute Gasteiger partial charge is 0.239 e. The molecule has 0 fully saturated rings. The fourth-order valence-electron chi connectivity index (χ4n) is 1.59. The van der Waals surface area contributed by atoms with Crippen molar-refractivity contribution in [3.8, 4) is 0 Å². The number of anilines is 2. The number of ether oxygens (including phenoxy) is 1. The van der Waals surface area contributed by atoms with Gasteiger partial charge in [-0.2, -0.15) is 4.98 Å². The van der Waals surface area contributed by atoms with E-state index in [4.69, 9.17) is 4.74 Å². The molecule has 21 heavy (non-hydrogen) atoms. The summed E-state index contributed by atoms with van der Waals surface area (Å²) in [5.41, 5.74) is 0. The first-order valence-electron chi connectivity index (χ1n) is 6.81. The predicted molar refractivity (Wildman–Crippen MR) is 78.9 cm³/mol. The molecule has 7 nitrogen and oxygen atoms in total. The largest absolute Gasteiger partial charge is 0.383 e. The van der Waals surface area contributed by atoms with Gasteiger partial charge in [0.2, 0.25) is 11.9 Å². The Labute approximate surface area is 123 Å². The molecule has 8 heteroatoms. The standard InChI is InChI=1S/C13H22FN5O2/c1-4-5-16-13-17-8-10(14)12(18-13)19(2)9-11(20)15-6-7-21-3/h8H,4-7,9H2,1-3H3,(H,15,20)(H,16,17,18). The molecule has 0 aromatic carbocycles. The zero-order valence-corrected chi connectivity index (χ0v) is 12.6. The van der Waals surface area contributed by atoms with Crippen molar-refractivity contribution in [2.75, 3.05) is 50.6 Å². The Morgan fingerprint density at radius 1 is 1.48 bits per heavy atom. The van der Waals surface area contributed by atoms with Crippen molar-refractivity contribution >= 4 is 17.7 Å². The molecular weight excluding hydrogens is 277 g/mol. The van der Waals surface area contributed by atoms with Crippen LogP contribution in [-0.2, 0) is 9.53 Å². The van der Waals surface area contributed by atoms with Crippen molar-refractivity contribution < 1.29 is 13.9 Å². The number of hydrogen-bond acceptors (Lipinski definition) is 6. The zero-order valence-electron chi connectivity index (χ0n) is 12.6. The van der Waals surface area contributed by atoms with Crippen molar-refractivity contribution in [3.05, 3.63) is 12.0 Å². The number of aromatic nitrogens is 2. The number of amides is 1. The second-order valence-electron chi connectivity index (χ2n) is 4.49. The number of likely N-dealkylation sites (N-methyl/N-ethyl adjacent to an activating group) is 1. The van der Waals surface area contributed by atoms with Gasteiger partial charge in [-0.25, -0.2) is 9.37 Å². The van der Waals surface area contributed by atoms with E-state index in [0.29, 0.717) is 25.6 Å². The first-order valence-corrected chi connectivity index (χ1v) is 6.81. The summed E-state index contributed by atoms with van der Waals surface area (Å²) in [5, 5.41) is 5.64. The minimum Gasteiger partial charge on any atom is -0.383 e. The Morgan fingerprint density at radius 2 is 2.24 bits per heavy atom. The lowest BCUT2D eigenvalue weighted by atomic mass is 10.4. The normalized spacial score (nSPS) is 10.3. The summed E-state index contributed by atoms with van der Waals surface area (Å²) in [4.78, 5) is 21.1. The van der Waals surface area contributed by atoms with Crippen molar-refractivity contribution in [2.24, 2.45) is 0 Å². The molecule has 2 N–H and O–H groups in total. The molecule has 0 aliphatic rings. The van der Waals surface area contributed by atoms with Gasteiger partial charge in [-0.3, -0.25) is 4.79 Å². The molecule has 0 saturated heterocycles. The topological polar surface area (TPSA) is 79.4 Å². The van der Waals surface area contributed by atoms with Gasteiger partial charge in [0, 0.05) is 27.2 Å². The van der Waals surface area contributed by atoms with Crippen LogP contribution in [0.1, 0.15) is 13.3 Å². The van der Waals surface area contributed by atoms with Crippen molar-refractivity contribution in [1.29, 1.82) is 0 Å². The molecule has 0 aliphatic heterocycles. The predicted octanol–water partition coefficient (Wildman–Crippen LogP) is 0.636. The molecule has 0 bridgehead atoms. The number of rotatable bonds is 9. The lowest BCUT2D eigenvalue weighted by Crippen LogP contribution is -2.37. The Hall–Kier alpha value is -1.96. The average molecular weight is 299 g/mol. The number of hydrogen-bond donors (Lipinski definition) is 2. The number of nitrogens with zero attached hydrogens (tertiary/aromatic N) is 3. The summed E-state index contributed by atoms with van der Waals surface area (Å²) < 4.78 is 18.6. The van der Waals surface area contributed by atoms with Gasteiger partial charge in [0.15, 0.2) is 11.6 Å². The van der Waals surface area contributed by atoms with Crippen LogP contribution in [0.15, 0.2) is 6.20 Å². The van der Waals surface area contributed by atoms with Crippen LogP contribution in [-0.4, -0.2) is 56.3 Å². The highest BCUT2D eigenvalue weighted by molar-refractivity contribution is 5.80. The van der Waals surface area contributed by atoms with E-state index in [1.807, 2.05) is 6.92 Å². The fraction of sp³-hybridized carbons (Fsp3) is 0.615. The summed E-state index contributed by atoms with van der Waals surface area (Å²) in [5.74, 6) is -0.356. The first kappa shape index (κ1) is 17.1. The van der Waals surface area contributed by atoms with E-state index in [1.165, 1.54) is 4.90 Å². The van der Waals surface area contributed by atoms with E-state index >= 15 is 0 Å². The van der Waals surface area contributed by atoms with Crippen LogP contribution in [0.5, 0.6) is 0 Å². The highest BCUT2D eigenvalue weighted by Gasteiger charge is 2.14. The number of carbonyl (C=O) groups excluding carboxylic acids is 1. The maximum absolute atomic E-state index is 13.8. The second kappa shape index (κ2) is 9.06. The number of halogens is 1. The maximum Gasteiger partial charge on any atom is 0.239 e. The summed E-state index contributed by atoms with van der Waals surface area (Å²) >= 11 is 0. The van der Waals surface area contributed by atoms with E-state index in [9.17, 15) is 9.18 Å². The van der Waals surface area contributed by atoms with E-state index in [2.05, 4.69) is 20.6 Å². The van der Waals surface area contributed by atoms with Gasteiger partial charge in [-0.05, 0) is 6.42 Å². The molecular formula is C13H22FN5O2. The molecule has 0 aliphatic carbocycles. The van der Waals surface area contributed by atoms with Crippen LogP contribution in [0, 0.1) is 5.82 Å². The number of methoxy groups -OCH3 is 1. The Bertz CT molecular complexity index is 458. The van der Waals surface area contributed by atoms with Crippen molar-refractivity contribution in [3.63, 3.8) is 0 Å². The summed E-state index contributed by atoms with van der Waals surface area (Å²) in [7, 11) is 3.16. The van der Waals surface area contributed by atoms with Crippen molar-refractivity contribution in [1.82, 2.24) is 15.3 Å². The van der Waals surface area contributed by atoms with Gasteiger partial charge in [-0.1, -0.05) is 6.92 Å². The van der Waals surface area contributed by atoms with Gasteiger partial charge in [0.25, 0.3) is 0 Å². The molecule has 1 aromatic rings. The van der Waals surface area contributed by atoms with E-state index in [-0.39, 0.29) is 18.3 Å². The molecule has 0 radical (unpaired) electrons.